The first kappa shape index (κ1) is 23.1. The van der Waals surface area contributed by atoms with E-state index in [0.29, 0.717) is 0 Å². The number of aliphatic imine (C=N–C) groups is 1. The summed E-state index contributed by atoms with van der Waals surface area (Å²) in [5.41, 5.74) is 3.11. The number of piperazine rings is 1. The second kappa shape index (κ2) is 11.1. The third-order valence-corrected chi connectivity index (χ3v) is 5.31. The van der Waals surface area contributed by atoms with Crippen molar-refractivity contribution in [1.29, 1.82) is 0 Å². The Morgan fingerprint density at radius 2 is 1.68 bits per heavy atom. The fourth-order valence-electron chi connectivity index (χ4n) is 3.68. The topological polar surface area (TPSA) is 48.7 Å². The Hall–Kier alpha value is -2.62. The van der Waals surface area contributed by atoms with Crippen molar-refractivity contribution in [1.82, 2.24) is 20.0 Å². The number of para-hydroxylation sites is 1. The Morgan fingerprint density at radius 1 is 0.968 bits per heavy atom. The summed E-state index contributed by atoms with van der Waals surface area (Å²) in [6.07, 6.45) is 2.69. The normalized spacial score (nSPS) is 14.3. The highest BCUT2D eigenvalue weighted by molar-refractivity contribution is 14.0. The first-order valence-corrected chi connectivity index (χ1v) is 10.3. The highest BCUT2D eigenvalue weighted by atomic mass is 127. The van der Waals surface area contributed by atoms with Gasteiger partial charge in [-0.1, -0.05) is 18.2 Å². The van der Waals surface area contributed by atoms with E-state index in [1.54, 1.807) is 16.8 Å². The molecule has 6 nitrogen and oxygen atoms in total. The summed E-state index contributed by atoms with van der Waals surface area (Å²) >= 11 is 0. The van der Waals surface area contributed by atoms with Crippen molar-refractivity contribution in [2.75, 3.05) is 44.7 Å². The summed E-state index contributed by atoms with van der Waals surface area (Å²) in [7, 11) is 1.83. The lowest BCUT2D eigenvalue weighted by Crippen LogP contribution is -2.52. The zero-order chi connectivity index (χ0) is 20.8. The number of rotatable bonds is 5. The van der Waals surface area contributed by atoms with Gasteiger partial charge in [-0.15, -0.1) is 24.0 Å². The van der Waals surface area contributed by atoms with Crippen LogP contribution in [0.2, 0.25) is 0 Å². The van der Waals surface area contributed by atoms with E-state index in [2.05, 4.69) is 49.5 Å². The van der Waals surface area contributed by atoms with E-state index in [0.717, 1.165) is 56.5 Å². The minimum absolute atomic E-state index is 0. The Kier molecular flexibility index (Phi) is 8.27. The third kappa shape index (κ3) is 5.96. The Morgan fingerprint density at radius 3 is 2.35 bits per heavy atom. The molecule has 0 atom stereocenters. The van der Waals surface area contributed by atoms with Gasteiger partial charge in [-0.2, -0.15) is 5.10 Å². The molecule has 2 aromatic carbocycles. The van der Waals surface area contributed by atoms with Gasteiger partial charge in [0.25, 0.3) is 0 Å². The van der Waals surface area contributed by atoms with Crippen molar-refractivity contribution < 1.29 is 4.39 Å². The largest absolute Gasteiger partial charge is 0.368 e. The second-order valence-corrected chi connectivity index (χ2v) is 7.26. The molecule has 3 aromatic rings. The van der Waals surface area contributed by atoms with Gasteiger partial charge in [-0.3, -0.25) is 4.99 Å². The minimum Gasteiger partial charge on any atom is -0.368 e. The van der Waals surface area contributed by atoms with Gasteiger partial charge in [0.15, 0.2) is 5.96 Å². The zero-order valence-electron chi connectivity index (χ0n) is 17.6. The predicted octanol–water partition coefficient (Wildman–Crippen LogP) is 3.57. The number of guanidine groups is 1. The number of nitrogens with zero attached hydrogens (tertiary/aromatic N) is 5. The van der Waals surface area contributed by atoms with Crippen molar-refractivity contribution in [2.24, 2.45) is 4.99 Å². The highest BCUT2D eigenvalue weighted by Crippen LogP contribution is 2.15. The van der Waals surface area contributed by atoms with Gasteiger partial charge in [0, 0.05) is 58.1 Å². The van der Waals surface area contributed by atoms with Gasteiger partial charge in [0.1, 0.15) is 5.82 Å². The van der Waals surface area contributed by atoms with Gasteiger partial charge in [0.05, 0.1) is 11.4 Å². The molecule has 1 aliphatic heterocycles. The minimum atomic E-state index is -0.244. The van der Waals surface area contributed by atoms with Gasteiger partial charge >= 0.3 is 0 Å². The lowest BCUT2D eigenvalue weighted by molar-refractivity contribution is 0.373. The molecule has 1 fully saturated rings. The maximum absolute atomic E-state index is 13.1. The summed E-state index contributed by atoms with van der Waals surface area (Å²) < 4.78 is 14.9. The lowest BCUT2D eigenvalue weighted by atomic mass is 10.2. The maximum Gasteiger partial charge on any atom is 0.193 e. The Labute approximate surface area is 199 Å². The van der Waals surface area contributed by atoms with Crippen molar-refractivity contribution >= 4 is 35.6 Å². The SMILES string of the molecule is CN=C(NCCc1ccn(-c2ccc(F)cc2)n1)N1CCN(c2ccccc2)CC1.I. The molecule has 1 aliphatic rings. The second-order valence-electron chi connectivity index (χ2n) is 7.26. The quantitative estimate of drug-likeness (QED) is 0.309. The molecule has 0 saturated carbocycles. The monoisotopic (exact) mass is 534 g/mol. The van der Waals surface area contributed by atoms with Crippen LogP contribution in [0.4, 0.5) is 10.1 Å². The fraction of sp³-hybridized carbons (Fsp3) is 0.304. The lowest BCUT2D eigenvalue weighted by Gasteiger charge is -2.37. The van der Waals surface area contributed by atoms with E-state index >= 15 is 0 Å². The standard InChI is InChI=1S/C23H27FN6.HI/c1-25-23(29-17-15-28(16-18-29)21-5-3-2-4-6-21)26-13-11-20-12-14-30(27-20)22-9-7-19(24)8-10-22;/h2-10,12,14H,11,13,15-18H2,1H3,(H,25,26);1H. The molecule has 164 valence electrons. The van der Waals surface area contributed by atoms with Crippen molar-refractivity contribution in [2.45, 2.75) is 6.42 Å². The van der Waals surface area contributed by atoms with E-state index < -0.39 is 0 Å². The molecule has 0 spiro atoms. The van der Waals surface area contributed by atoms with E-state index in [1.807, 2.05) is 25.4 Å². The van der Waals surface area contributed by atoms with Crippen LogP contribution in [0.25, 0.3) is 5.69 Å². The summed E-state index contributed by atoms with van der Waals surface area (Å²) in [6, 6.07) is 18.9. The number of anilines is 1. The molecule has 1 aromatic heterocycles. The van der Waals surface area contributed by atoms with Crippen LogP contribution >= 0.6 is 24.0 Å². The smallest absolute Gasteiger partial charge is 0.193 e. The van der Waals surface area contributed by atoms with Crippen LogP contribution in [-0.2, 0) is 6.42 Å². The van der Waals surface area contributed by atoms with Gasteiger partial charge in [-0.25, -0.2) is 9.07 Å². The summed E-state index contributed by atoms with van der Waals surface area (Å²) in [6.45, 7) is 4.59. The molecule has 2 heterocycles. The fourth-order valence-corrected chi connectivity index (χ4v) is 3.68. The molecule has 0 aliphatic carbocycles. The molecule has 8 heteroatoms. The van der Waals surface area contributed by atoms with E-state index in [1.165, 1.54) is 17.8 Å². The van der Waals surface area contributed by atoms with Crippen LogP contribution in [0.3, 0.4) is 0 Å². The number of halogens is 2. The van der Waals surface area contributed by atoms with Crippen LogP contribution in [0.1, 0.15) is 5.69 Å². The van der Waals surface area contributed by atoms with E-state index in [4.69, 9.17) is 0 Å². The number of benzene rings is 2. The molecule has 1 saturated heterocycles. The van der Waals surface area contributed by atoms with Gasteiger partial charge in [0.2, 0.25) is 0 Å². The number of hydrogen-bond acceptors (Lipinski definition) is 3. The number of aromatic nitrogens is 2. The summed E-state index contributed by atoms with van der Waals surface area (Å²) in [5, 5.41) is 8.04. The van der Waals surface area contributed by atoms with Crippen LogP contribution in [0.5, 0.6) is 0 Å². The van der Waals surface area contributed by atoms with Crippen LogP contribution in [0, 0.1) is 5.82 Å². The van der Waals surface area contributed by atoms with E-state index in [9.17, 15) is 4.39 Å². The summed E-state index contributed by atoms with van der Waals surface area (Å²) in [5.74, 6) is 0.687. The Bertz CT molecular complexity index is 965. The van der Waals surface area contributed by atoms with Crippen LogP contribution in [0.15, 0.2) is 71.9 Å². The van der Waals surface area contributed by atoms with Crippen molar-refractivity contribution in [3.63, 3.8) is 0 Å². The molecule has 4 rings (SSSR count). The molecule has 31 heavy (non-hydrogen) atoms. The molecule has 0 amide bonds. The zero-order valence-corrected chi connectivity index (χ0v) is 19.9. The number of hydrogen-bond donors (Lipinski definition) is 1. The highest BCUT2D eigenvalue weighted by Gasteiger charge is 2.19. The first-order valence-electron chi connectivity index (χ1n) is 10.3. The van der Waals surface area contributed by atoms with E-state index in [-0.39, 0.29) is 29.8 Å². The molecule has 0 radical (unpaired) electrons. The number of nitrogens with one attached hydrogen (secondary N) is 1. The molecule has 0 bridgehead atoms. The van der Waals surface area contributed by atoms with Crippen molar-refractivity contribution in [3.8, 4) is 5.69 Å². The first-order chi connectivity index (χ1) is 14.7. The van der Waals surface area contributed by atoms with Crippen LogP contribution < -0.4 is 10.2 Å². The molecule has 1 N–H and O–H groups in total. The molecular weight excluding hydrogens is 506 g/mol. The predicted molar refractivity (Wildman–Crippen MR) is 134 cm³/mol. The summed E-state index contributed by atoms with van der Waals surface area (Å²) in [4.78, 5) is 9.16. The molecular formula is C23H28FIN6. The average Bonchev–Trinajstić information content (AvgIpc) is 3.27. The van der Waals surface area contributed by atoms with Crippen LogP contribution in [-0.4, -0.2) is 60.4 Å². The molecule has 0 unspecified atom stereocenters. The van der Waals surface area contributed by atoms with Crippen molar-refractivity contribution in [3.05, 3.63) is 78.4 Å². The maximum atomic E-state index is 13.1. The third-order valence-electron chi connectivity index (χ3n) is 5.31. The average molecular weight is 534 g/mol. The van der Waals surface area contributed by atoms with Gasteiger partial charge < -0.3 is 15.1 Å². The van der Waals surface area contributed by atoms with Gasteiger partial charge in [-0.05, 0) is 42.5 Å². The Balaban J connectivity index is 0.00000272.